The van der Waals surface area contributed by atoms with Crippen LogP contribution in [-0.4, -0.2) is 5.11 Å². The molecule has 13 heavy (non-hydrogen) atoms. The highest BCUT2D eigenvalue weighted by molar-refractivity contribution is 5.32. The van der Waals surface area contributed by atoms with E-state index in [-0.39, 0.29) is 0 Å². The quantitative estimate of drug-likeness (QED) is 0.745. The van der Waals surface area contributed by atoms with Crippen LogP contribution in [0.25, 0.3) is 0 Å². The van der Waals surface area contributed by atoms with Crippen molar-refractivity contribution in [3.8, 4) is 0 Å². The van der Waals surface area contributed by atoms with Crippen LogP contribution in [0.4, 0.5) is 4.39 Å². The van der Waals surface area contributed by atoms with Crippen molar-refractivity contribution < 1.29 is 9.50 Å². The van der Waals surface area contributed by atoms with Crippen molar-refractivity contribution in [2.24, 2.45) is 0 Å². The molecule has 1 unspecified atom stereocenters. The van der Waals surface area contributed by atoms with Crippen LogP contribution in [0, 0.1) is 0 Å². The van der Waals surface area contributed by atoms with Crippen LogP contribution < -0.4 is 0 Å². The molecular weight excluding hydrogens is 167 g/mol. The van der Waals surface area contributed by atoms with Gasteiger partial charge in [0.05, 0.1) is 6.10 Å². The van der Waals surface area contributed by atoms with Crippen LogP contribution >= 0.6 is 0 Å². The Bertz CT molecular complexity index is 286. The highest BCUT2D eigenvalue weighted by Crippen LogP contribution is 2.30. The van der Waals surface area contributed by atoms with E-state index < -0.39 is 11.8 Å². The second-order valence-electron chi connectivity index (χ2n) is 3.74. The van der Waals surface area contributed by atoms with Crippen molar-refractivity contribution in [3.05, 3.63) is 35.4 Å². The lowest BCUT2D eigenvalue weighted by atomic mass is 9.92. The minimum Gasteiger partial charge on any atom is -0.389 e. The predicted octanol–water partition coefficient (Wildman–Crippen LogP) is 2.94. The van der Waals surface area contributed by atoms with E-state index in [1.165, 1.54) is 13.8 Å². The number of aliphatic hydroxyl groups excluding tert-OH is 1. The van der Waals surface area contributed by atoms with Crippen molar-refractivity contribution in [1.82, 2.24) is 0 Å². The summed E-state index contributed by atoms with van der Waals surface area (Å²) in [6.07, 6.45) is -0.619. The van der Waals surface area contributed by atoms with Gasteiger partial charge in [0.15, 0.2) is 0 Å². The Morgan fingerprint density at radius 2 is 1.85 bits per heavy atom. The number of aliphatic hydroxyl groups is 1. The fraction of sp³-hybridized carbons (Fsp3) is 0.455. The van der Waals surface area contributed by atoms with Crippen molar-refractivity contribution in [2.45, 2.75) is 32.5 Å². The first-order valence-electron chi connectivity index (χ1n) is 4.39. The minimum absolute atomic E-state index is 0.560. The zero-order valence-electron chi connectivity index (χ0n) is 8.21. The summed E-state index contributed by atoms with van der Waals surface area (Å²) in [6.45, 7) is 4.63. The van der Waals surface area contributed by atoms with Gasteiger partial charge in [-0.2, -0.15) is 0 Å². The molecule has 0 saturated carbocycles. The Labute approximate surface area is 78.2 Å². The van der Waals surface area contributed by atoms with Gasteiger partial charge in [0, 0.05) is 0 Å². The number of alkyl halides is 1. The van der Waals surface area contributed by atoms with Gasteiger partial charge in [0.2, 0.25) is 0 Å². The highest BCUT2D eigenvalue weighted by atomic mass is 19.1. The summed E-state index contributed by atoms with van der Waals surface area (Å²) in [4.78, 5) is 0. The van der Waals surface area contributed by atoms with E-state index in [1.54, 1.807) is 31.2 Å². The lowest BCUT2D eigenvalue weighted by molar-refractivity contribution is 0.180. The summed E-state index contributed by atoms with van der Waals surface area (Å²) in [7, 11) is 0. The third kappa shape index (κ3) is 2.28. The van der Waals surface area contributed by atoms with Gasteiger partial charge in [-0.1, -0.05) is 24.3 Å². The standard InChI is InChI=1S/C11H15FO/c1-8(13)9-6-4-5-7-10(9)11(2,3)12/h4-8,13H,1-3H3. The Balaban J connectivity index is 3.20. The van der Waals surface area contributed by atoms with Crippen molar-refractivity contribution in [2.75, 3.05) is 0 Å². The normalized spacial score (nSPS) is 14.2. The summed E-state index contributed by atoms with van der Waals surface area (Å²) < 4.78 is 13.6. The molecule has 0 aliphatic carbocycles. The third-order valence-electron chi connectivity index (χ3n) is 2.05. The molecule has 1 atom stereocenters. The maximum absolute atomic E-state index is 13.6. The second-order valence-corrected chi connectivity index (χ2v) is 3.74. The molecule has 0 fully saturated rings. The van der Waals surface area contributed by atoms with Crippen molar-refractivity contribution in [1.29, 1.82) is 0 Å². The van der Waals surface area contributed by atoms with Gasteiger partial charge in [-0.25, -0.2) is 4.39 Å². The van der Waals surface area contributed by atoms with E-state index in [9.17, 15) is 9.50 Å². The highest BCUT2D eigenvalue weighted by Gasteiger charge is 2.23. The van der Waals surface area contributed by atoms with Gasteiger partial charge in [0.25, 0.3) is 0 Å². The number of halogens is 1. The molecule has 0 aromatic heterocycles. The number of hydrogen-bond donors (Lipinski definition) is 1. The zero-order chi connectivity index (χ0) is 10.1. The van der Waals surface area contributed by atoms with E-state index in [0.717, 1.165) is 0 Å². The van der Waals surface area contributed by atoms with Gasteiger partial charge < -0.3 is 5.11 Å². The Morgan fingerprint density at radius 3 is 2.23 bits per heavy atom. The maximum atomic E-state index is 13.6. The van der Waals surface area contributed by atoms with Gasteiger partial charge in [0.1, 0.15) is 5.67 Å². The van der Waals surface area contributed by atoms with E-state index in [0.29, 0.717) is 11.1 Å². The number of hydrogen-bond acceptors (Lipinski definition) is 1. The number of rotatable bonds is 2. The first-order valence-corrected chi connectivity index (χ1v) is 4.39. The average Bonchev–Trinajstić information content (AvgIpc) is 2.03. The summed E-state index contributed by atoms with van der Waals surface area (Å²) in [5.41, 5.74) is -0.173. The Morgan fingerprint density at radius 1 is 1.31 bits per heavy atom. The first-order chi connectivity index (χ1) is 5.93. The lowest BCUT2D eigenvalue weighted by Gasteiger charge is -2.20. The molecule has 0 saturated heterocycles. The van der Waals surface area contributed by atoms with Crippen LogP contribution in [0.5, 0.6) is 0 Å². The second kappa shape index (κ2) is 3.46. The van der Waals surface area contributed by atoms with Crippen LogP contribution in [0.2, 0.25) is 0 Å². The summed E-state index contributed by atoms with van der Waals surface area (Å²) in [5, 5.41) is 9.40. The topological polar surface area (TPSA) is 20.2 Å². The molecular formula is C11H15FO. The molecule has 1 N–H and O–H groups in total. The molecule has 0 radical (unpaired) electrons. The van der Waals surface area contributed by atoms with Gasteiger partial charge in [-0.15, -0.1) is 0 Å². The molecule has 1 aromatic rings. The Hall–Kier alpha value is -0.890. The fourth-order valence-corrected chi connectivity index (χ4v) is 1.40. The zero-order valence-corrected chi connectivity index (χ0v) is 8.21. The van der Waals surface area contributed by atoms with E-state index in [1.807, 2.05) is 0 Å². The largest absolute Gasteiger partial charge is 0.389 e. The van der Waals surface area contributed by atoms with Gasteiger partial charge in [-0.05, 0) is 31.9 Å². The summed E-state index contributed by atoms with van der Waals surface area (Å²) in [6, 6.07) is 7.04. The summed E-state index contributed by atoms with van der Waals surface area (Å²) in [5.74, 6) is 0. The van der Waals surface area contributed by atoms with Gasteiger partial charge >= 0.3 is 0 Å². The molecule has 72 valence electrons. The van der Waals surface area contributed by atoms with Crippen molar-refractivity contribution >= 4 is 0 Å². The average molecular weight is 182 g/mol. The van der Waals surface area contributed by atoms with E-state index >= 15 is 0 Å². The molecule has 1 nitrogen and oxygen atoms in total. The molecule has 2 heteroatoms. The molecule has 0 aliphatic heterocycles. The van der Waals surface area contributed by atoms with Crippen LogP contribution in [0.1, 0.15) is 38.0 Å². The van der Waals surface area contributed by atoms with Crippen molar-refractivity contribution in [3.63, 3.8) is 0 Å². The third-order valence-corrected chi connectivity index (χ3v) is 2.05. The van der Waals surface area contributed by atoms with E-state index in [4.69, 9.17) is 0 Å². The molecule has 0 aliphatic rings. The molecule has 0 heterocycles. The van der Waals surface area contributed by atoms with E-state index in [2.05, 4.69) is 0 Å². The monoisotopic (exact) mass is 182 g/mol. The van der Waals surface area contributed by atoms with Crippen LogP contribution in [-0.2, 0) is 5.67 Å². The SMILES string of the molecule is CC(O)c1ccccc1C(C)(C)F. The number of benzene rings is 1. The minimum atomic E-state index is -1.40. The van der Waals surface area contributed by atoms with Gasteiger partial charge in [-0.3, -0.25) is 0 Å². The molecule has 1 rings (SSSR count). The lowest BCUT2D eigenvalue weighted by Crippen LogP contribution is -2.13. The molecule has 0 spiro atoms. The summed E-state index contributed by atoms with van der Waals surface area (Å²) >= 11 is 0. The first kappa shape index (κ1) is 10.2. The smallest absolute Gasteiger partial charge is 0.130 e. The maximum Gasteiger partial charge on any atom is 0.130 e. The fourth-order valence-electron chi connectivity index (χ4n) is 1.40. The molecule has 1 aromatic carbocycles. The van der Waals surface area contributed by atoms with Crippen LogP contribution in [0.15, 0.2) is 24.3 Å². The molecule has 0 bridgehead atoms. The van der Waals surface area contributed by atoms with Crippen LogP contribution in [0.3, 0.4) is 0 Å². The Kier molecular flexibility index (Phi) is 2.71. The predicted molar refractivity (Wildman–Crippen MR) is 51.2 cm³/mol. The molecule has 0 amide bonds.